The van der Waals surface area contributed by atoms with E-state index in [2.05, 4.69) is 15.7 Å². The van der Waals surface area contributed by atoms with Crippen LogP contribution >= 0.6 is 0 Å². The number of hydrogen-bond acceptors (Lipinski definition) is 6. The number of nitrogens with one attached hydrogen (secondary N) is 2. The highest BCUT2D eigenvalue weighted by molar-refractivity contribution is 5.81. The second-order valence-electron chi connectivity index (χ2n) is 4.84. The van der Waals surface area contributed by atoms with Gasteiger partial charge < -0.3 is 15.5 Å². The highest BCUT2D eigenvalue weighted by Crippen LogP contribution is 2.27. The number of aromatic nitrogens is 2. The van der Waals surface area contributed by atoms with Crippen molar-refractivity contribution >= 4 is 17.4 Å². The number of rotatable bonds is 5. The molecule has 2 N–H and O–H groups in total. The third-order valence-corrected chi connectivity index (χ3v) is 3.45. The third kappa shape index (κ3) is 3.30. The molecule has 1 aliphatic rings. The monoisotopic (exact) mass is 296 g/mol. The quantitative estimate of drug-likeness (QED) is 0.583. The minimum atomic E-state index is -0.466. The van der Waals surface area contributed by atoms with Gasteiger partial charge in [-0.05, 0) is 13.8 Å². The predicted molar refractivity (Wildman–Crippen MR) is 77.2 cm³/mol. The number of nitro groups is 1. The van der Waals surface area contributed by atoms with Gasteiger partial charge in [0.1, 0.15) is 5.69 Å². The maximum atomic E-state index is 12.1. The molecule has 1 fully saturated rings. The van der Waals surface area contributed by atoms with Crippen LogP contribution in [0, 0.1) is 17.0 Å². The van der Waals surface area contributed by atoms with Crippen molar-refractivity contribution in [2.75, 3.05) is 38.0 Å². The Morgan fingerprint density at radius 2 is 2.14 bits per heavy atom. The van der Waals surface area contributed by atoms with Crippen LogP contribution in [-0.2, 0) is 11.3 Å². The second kappa shape index (κ2) is 6.53. The Kier molecular flexibility index (Phi) is 4.73. The number of carbonyl (C=O) groups is 1. The Morgan fingerprint density at radius 3 is 2.71 bits per heavy atom. The molecule has 9 heteroatoms. The molecule has 0 bridgehead atoms. The predicted octanol–water partition coefficient (Wildman–Crippen LogP) is -0.0367. The Hall–Kier alpha value is -2.16. The van der Waals surface area contributed by atoms with E-state index in [1.54, 1.807) is 11.8 Å². The minimum absolute atomic E-state index is 0.0337. The second-order valence-corrected chi connectivity index (χ2v) is 4.84. The summed E-state index contributed by atoms with van der Waals surface area (Å²) in [6, 6.07) is 0. The van der Waals surface area contributed by atoms with E-state index in [1.807, 2.05) is 6.92 Å². The summed E-state index contributed by atoms with van der Waals surface area (Å²) < 4.78 is 1.51. The van der Waals surface area contributed by atoms with Crippen LogP contribution in [0.1, 0.15) is 12.6 Å². The van der Waals surface area contributed by atoms with E-state index in [9.17, 15) is 14.9 Å². The molecule has 1 aromatic heterocycles. The van der Waals surface area contributed by atoms with Crippen molar-refractivity contribution in [1.29, 1.82) is 0 Å². The molecule has 0 saturated carbocycles. The minimum Gasteiger partial charge on any atom is -0.355 e. The van der Waals surface area contributed by atoms with Crippen LogP contribution in [-0.4, -0.2) is 58.2 Å². The maximum Gasteiger partial charge on any atom is 0.333 e. The van der Waals surface area contributed by atoms with E-state index in [-0.39, 0.29) is 18.1 Å². The Bertz CT molecular complexity index is 535. The van der Waals surface area contributed by atoms with Gasteiger partial charge in [0.15, 0.2) is 0 Å². The van der Waals surface area contributed by atoms with Gasteiger partial charge in [-0.3, -0.25) is 14.9 Å². The number of hydrogen-bond donors (Lipinski definition) is 2. The standard InChI is InChI=1S/C12H20N6O3/c1-3-17-12(11(18(20)21)9(2)15-17)14-8-10(19)16-6-4-13-5-7-16/h13-14H,3-8H2,1-2H3. The van der Waals surface area contributed by atoms with Crippen LogP contribution in [0.4, 0.5) is 11.5 Å². The fraction of sp³-hybridized carbons (Fsp3) is 0.667. The summed E-state index contributed by atoms with van der Waals surface area (Å²) in [5.74, 6) is 0.232. The number of carbonyl (C=O) groups excluding carboxylic acids is 1. The van der Waals surface area contributed by atoms with E-state index in [0.29, 0.717) is 31.1 Å². The molecular weight excluding hydrogens is 276 g/mol. The van der Waals surface area contributed by atoms with Gasteiger partial charge in [-0.25, -0.2) is 4.68 Å². The average molecular weight is 296 g/mol. The molecule has 2 rings (SSSR count). The normalized spacial score (nSPS) is 15.0. The van der Waals surface area contributed by atoms with E-state index >= 15 is 0 Å². The molecule has 0 spiro atoms. The summed E-state index contributed by atoms with van der Waals surface area (Å²) in [6.45, 7) is 6.84. The third-order valence-electron chi connectivity index (χ3n) is 3.45. The molecule has 1 saturated heterocycles. The lowest BCUT2D eigenvalue weighted by atomic mass is 10.3. The van der Waals surface area contributed by atoms with Crippen LogP contribution in [0.25, 0.3) is 0 Å². The summed E-state index contributed by atoms with van der Waals surface area (Å²) in [5.41, 5.74) is 0.281. The van der Waals surface area contributed by atoms with Crippen molar-refractivity contribution in [1.82, 2.24) is 20.0 Å². The first-order valence-electron chi connectivity index (χ1n) is 6.98. The van der Waals surface area contributed by atoms with Crippen LogP contribution in [0.15, 0.2) is 0 Å². The zero-order chi connectivity index (χ0) is 15.4. The highest BCUT2D eigenvalue weighted by Gasteiger charge is 2.25. The Balaban J connectivity index is 2.08. The molecule has 1 aromatic rings. The summed E-state index contributed by atoms with van der Waals surface area (Å²) >= 11 is 0. The van der Waals surface area contributed by atoms with Gasteiger partial charge >= 0.3 is 5.69 Å². The molecule has 1 amide bonds. The number of anilines is 1. The van der Waals surface area contributed by atoms with Crippen molar-refractivity contribution in [3.63, 3.8) is 0 Å². The number of amides is 1. The van der Waals surface area contributed by atoms with Crippen molar-refractivity contribution in [2.45, 2.75) is 20.4 Å². The summed E-state index contributed by atoms with van der Waals surface area (Å²) in [4.78, 5) is 24.5. The van der Waals surface area contributed by atoms with Gasteiger partial charge in [0.05, 0.1) is 11.5 Å². The topological polar surface area (TPSA) is 105 Å². The highest BCUT2D eigenvalue weighted by atomic mass is 16.6. The van der Waals surface area contributed by atoms with Crippen LogP contribution < -0.4 is 10.6 Å². The van der Waals surface area contributed by atoms with Crippen LogP contribution in [0.2, 0.25) is 0 Å². The van der Waals surface area contributed by atoms with Crippen molar-refractivity contribution in [3.8, 4) is 0 Å². The number of nitrogens with zero attached hydrogens (tertiary/aromatic N) is 4. The van der Waals surface area contributed by atoms with Crippen LogP contribution in [0.3, 0.4) is 0 Å². The molecule has 21 heavy (non-hydrogen) atoms. The average Bonchev–Trinajstić information content (AvgIpc) is 2.81. The zero-order valence-electron chi connectivity index (χ0n) is 12.3. The van der Waals surface area contributed by atoms with Gasteiger partial charge in [0.2, 0.25) is 11.7 Å². The van der Waals surface area contributed by atoms with Crippen molar-refractivity contribution < 1.29 is 9.72 Å². The fourth-order valence-corrected chi connectivity index (χ4v) is 2.38. The van der Waals surface area contributed by atoms with E-state index in [0.717, 1.165) is 13.1 Å². The van der Waals surface area contributed by atoms with Gasteiger partial charge in [-0.2, -0.15) is 5.10 Å². The molecule has 0 aliphatic carbocycles. The molecule has 1 aliphatic heterocycles. The lowest BCUT2D eigenvalue weighted by Gasteiger charge is -2.27. The lowest BCUT2D eigenvalue weighted by Crippen LogP contribution is -2.48. The van der Waals surface area contributed by atoms with Gasteiger partial charge in [-0.15, -0.1) is 0 Å². The van der Waals surface area contributed by atoms with Gasteiger partial charge in [0, 0.05) is 32.7 Å². The first kappa shape index (κ1) is 15.2. The van der Waals surface area contributed by atoms with Gasteiger partial charge in [-0.1, -0.05) is 0 Å². The summed E-state index contributed by atoms with van der Waals surface area (Å²) in [5, 5.41) is 21.3. The molecule has 116 valence electrons. The summed E-state index contributed by atoms with van der Waals surface area (Å²) in [6.07, 6.45) is 0. The number of piperazine rings is 1. The smallest absolute Gasteiger partial charge is 0.333 e. The van der Waals surface area contributed by atoms with E-state index in [1.165, 1.54) is 4.68 Å². The molecule has 9 nitrogen and oxygen atoms in total. The maximum absolute atomic E-state index is 12.1. The largest absolute Gasteiger partial charge is 0.355 e. The summed E-state index contributed by atoms with van der Waals surface area (Å²) in [7, 11) is 0. The molecule has 0 aromatic carbocycles. The Morgan fingerprint density at radius 1 is 1.48 bits per heavy atom. The molecule has 0 atom stereocenters. The lowest BCUT2D eigenvalue weighted by molar-refractivity contribution is -0.384. The SMILES string of the molecule is CCn1nc(C)c([N+](=O)[O-])c1NCC(=O)N1CCNCC1. The first-order valence-corrected chi connectivity index (χ1v) is 6.98. The van der Waals surface area contributed by atoms with Crippen molar-refractivity contribution in [2.24, 2.45) is 0 Å². The Labute approximate surface area is 122 Å². The first-order chi connectivity index (χ1) is 10.0. The van der Waals surface area contributed by atoms with E-state index < -0.39 is 4.92 Å². The molecule has 0 radical (unpaired) electrons. The fourth-order valence-electron chi connectivity index (χ4n) is 2.38. The zero-order valence-corrected chi connectivity index (χ0v) is 12.3. The van der Waals surface area contributed by atoms with Crippen LogP contribution in [0.5, 0.6) is 0 Å². The van der Waals surface area contributed by atoms with Crippen molar-refractivity contribution in [3.05, 3.63) is 15.8 Å². The van der Waals surface area contributed by atoms with Gasteiger partial charge in [0.25, 0.3) is 0 Å². The molecular formula is C12H20N6O3. The molecule has 2 heterocycles. The van der Waals surface area contributed by atoms with E-state index in [4.69, 9.17) is 0 Å². The molecule has 0 unspecified atom stereocenters. The number of aryl methyl sites for hydroxylation is 2.